The normalized spacial score (nSPS) is 24.8. The van der Waals surface area contributed by atoms with Crippen molar-refractivity contribution in [2.75, 3.05) is 6.61 Å². The number of hydrogen-bond donors (Lipinski definition) is 2. The summed E-state index contributed by atoms with van der Waals surface area (Å²) in [5, 5.41) is 12.3. The fourth-order valence-electron chi connectivity index (χ4n) is 3.59. The molecule has 0 aromatic heterocycles. The maximum Gasteiger partial charge on any atom is 0.377 e. The van der Waals surface area contributed by atoms with Gasteiger partial charge < -0.3 is 38.8 Å². The summed E-state index contributed by atoms with van der Waals surface area (Å²) < 4.78 is 31.1. The van der Waals surface area contributed by atoms with E-state index in [2.05, 4.69) is 5.32 Å². The van der Waals surface area contributed by atoms with Crippen LogP contribution in [0, 0.1) is 0 Å². The minimum absolute atomic E-state index is 0.675. The van der Waals surface area contributed by atoms with Crippen molar-refractivity contribution < 1.29 is 67.1 Å². The highest BCUT2D eigenvalue weighted by molar-refractivity contribution is 5.80. The number of rotatable bonds is 10. The average Bonchev–Trinajstić information content (AvgIpc) is 2.69. The average molecular weight is 519 g/mol. The van der Waals surface area contributed by atoms with Crippen molar-refractivity contribution in [1.82, 2.24) is 5.32 Å². The third-order valence-corrected chi connectivity index (χ3v) is 4.63. The minimum atomic E-state index is -2.77. The molecule has 15 nitrogen and oxygen atoms in total. The van der Waals surface area contributed by atoms with E-state index in [9.17, 15) is 38.7 Å². The number of carboxylic acid groups (broad SMARTS) is 1. The van der Waals surface area contributed by atoms with Gasteiger partial charge in [-0.1, -0.05) is 0 Å². The summed E-state index contributed by atoms with van der Waals surface area (Å²) in [6, 6.07) is -1.41. The van der Waals surface area contributed by atoms with Crippen molar-refractivity contribution in [1.29, 1.82) is 0 Å². The summed E-state index contributed by atoms with van der Waals surface area (Å²) in [6.45, 7) is 5.35. The van der Waals surface area contributed by atoms with Crippen LogP contribution < -0.4 is 5.32 Å². The Balaban J connectivity index is 3.78. The van der Waals surface area contributed by atoms with Crippen molar-refractivity contribution in [2.24, 2.45) is 0 Å². The molecule has 1 rings (SSSR count). The van der Waals surface area contributed by atoms with E-state index in [0.717, 1.165) is 41.5 Å². The second-order valence-electron chi connectivity index (χ2n) is 7.84. The highest BCUT2D eigenvalue weighted by Crippen LogP contribution is 2.36. The Morgan fingerprint density at radius 2 is 1.47 bits per heavy atom. The van der Waals surface area contributed by atoms with Crippen molar-refractivity contribution in [3.05, 3.63) is 0 Å². The van der Waals surface area contributed by atoms with Crippen molar-refractivity contribution in [3.8, 4) is 0 Å². The second kappa shape index (κ2) is 12.8. The highest BCUT2D eigenvalue weighted by Gasteiger charge is 2.60. The number of carboxylic acids is 1. The zero-order valence-electron chi connectivity index (χ0n) is 20.6. The van der Waals surface area contributed by atoms with E-state index < -0.39 is 91.0 Å². The van der Waals surface area contributed by atoms with Crippen LogP contribution in [0.5, 0.6) is 0 Å². The largest absolute Gasteiger partial charge is 0.476 e. The van der Waals surface area contributed by atoms with Crippen LogP contribution in [0.4, 0.5) is 0 Å². The molecule has 202 valence electrons. The molecule has 1 unspecified atom stereocenters. The van der Waals surface area contributed by atoms with E-state index in [1.165, 1.54) is 0 Å². The van der Waals surface area contributed by atoms with Gasteiger partial charge in [0.1, 0.15) is 18.8 Å². The Labute approximate surface area is 205 Å². The molecule has 6 atom stereocenters. The molecule has 1 aliphatic rings. The topological polar surface area (TPSA) is 207 Å². The van der Waals surface area contributed by atoms with E-state index >= 15 is 0 Å². The number of carbonyl (C=O) groups is 7. The molecule has 0 radical (unpaired) electrons. The molecule has 36 heavy (non-hydrogen) atoms. The van der Waals surface area contributed by atoms with Crippen LogP contribution in [0.2, 0.25) is 0 Å². The summed E-state index contributed by atoms with van der Waals surface area (Å²) in [6.07, 6.45) is -7.37. The number of amides is 1. The molecule has 0 spiro atoms. The lowest BCUT2D eigenvalue weighted by molar-refractivity contribution is -0.303. The van der Waals surface area contributed by atoms with Gasteiger partial charge in [0.25, 0.3) is 0 Å². The van der Waals surface area contributed by atoms with Gasteiger partial charge in [0.05, 0.1) is 12.5 Å². The number of nitrogens with one attached hydrogen (secondary N) is 1. The number of aliphatic carboxylic acids is 1. The maximum atomic E-state index is 12.2. The van der Waals surface area contributed by atoms with Gasteiger partial charge in [-0.2, -0.15) is 0 Å². The monoisotopic (exact) mass is 519 g/mol. The van der Waals surface area contributed by atoms with Crippen LogP contribution in [0.1, 0.15) is 48.0 Å². The first-order chi connectivity index (χ1) is 16.6. The van der Waals surface area contributed by atoms with Crippen LogP contribution in [0.25, 0.3) is 0 Å². The van der Waals surface area contributed by atoms with Gasteiger partial charge in [0.2, 0.25) is 5.91 Å². The maximum absolute atomic E-state index is 12.2. The summed E-state index contributed by atoms with van der Waals surface area (Å²) in [5.41, 5.74) is 0. The van der Waals surface area contributed by atoms with E-state index in [1.807, 2.05) is 0 Å². The lowest BCUT2D eigenvalue weighted by Crippen LogP contribution is -2.69. The summed E-state index contributed by atoms with van der Waals surface area (Å²) in [4.78, 5) is 83.0. The standard InChI is InChI=1S/C21H29NO14/c1-9(23)22-17-15(32-11(3)25)7-21(20(29)30,35-14(6)28)36-19(17)18(34-13(5)27)16(33-12(4)26)8-31-10(2)24/h15-19H,7-8H2,1-6H3,(H,22,23)(H,29,30)/t15-,16-,17-,18-,19?,21+/m1/s1. The predicted octanol–water partition coefficient (Wildman–Crippen LogP) is -1.02. The van der Waals surface area contributed by atoms with Gasteiger partial charge >= 0.3 is 41.6 Å². The molecule has 0 bridgehead atoms. The molecular formula is C21H29NO14. The summed E-state index contributed by atoms with van der Waals surface area (Å²) in [7, 11) is 0. The molecule has 0 aliphatic carbocycles. The molecule has 2 N–H and O–H groups in total. The zero-order valence-corrected chi connectivity index (χ0v) is 20.6. The lowest BCUT2D eigenvalue weighted by Gasteiger charge is -2.47. The first kappa shape index (κ1) is 30.3. The highest BCUT2D eigenvalue weighted by atomic mass is 16.7. The smallest absolute Gasteiger partial charge is 0.377 e. The van der Waals surface area contributed by atoms with E-state index in [1.54, 1.807) is 0 Å². The van der Waals surface area contributed by atoms with Gasteiger partial charge in [-0.3, -0.25) is 28.8 Å². The molecule has 1 fully saturated rings. The Kier molecular flexibility index (Phi) is 10.8. The number of ether oxygens (including phenoxy) is 6. The quantitative estimate of drug-likeness (QED) is 0.262. The van der Waals surface area contributed by atoms with Crippen molar-refractivity contribution in [2.45, 2.75) is 84.2 Å². The van der Waals surface area contributed by atoms with Crippen LogP contribution in [0.3, 0.4) is 0 Å². The molecule has 1 aliphatic heterocycles. The molecule has 1 amide bonds. The van der Waals surface area contributed by atoms with Crippen LogP contribution >= 0.6 is 0 Å². The summed E-state index contributed by atoms with van der Waals surface area (Å²) in [5.74, 6) is -9.92. The van der Waals surface area contributed by atoms with Gasteiger partial charge in [-0.05, 0) is 0 Å². The number of carbonyl (C=O) groups excluding carboxylic acids is 6. The van der Waals surface area contributed by atoms with E-state index in [-0.39, 0.29) is 0 Å². The van der Waals surface area contributed by atoms with E-state index in [4.69, 9.17) is 28.4 Å². The molecule has 0 aromatic rings. The third-order valence-electron chi connectivity index (χ3n) is 4.63. The molecule has 1 heterocycles. The second-order valence-corrected chi connectivity index (χ2v) is 7.84. The van der Waals surface area contributed by atoms with Gasteiger partial charge in [0.15, 0.2) is 12.2 Å². The number of esters is 5. The van der Waals surface area contributed by atoms with Crippen LogP contribution in [-0.2, 0) is 62.0 Å². The zero-order chi connectivity index (χ0) is 27.8. The minimum Gasteiger partial charge on any atom is -0.476 e. The van der Waals surface area contributed by atoms with Crippen LogP contribution in [-0.4, -0.2) is 89.7 Å². The van der Waals surface area contributed by atoms with Gasteiger partial charge in [-0.25, -0.2) is 4.79 Å². The molecule has 0 saturated carbocycles. The Hall–Kier alpha value is -3.75. The molecule has 0 aromatic carbocycles. The van der Waals surface area contributed by atoms with Crippen molar-refractivity contribution in [3.63, 3.8) is 0 Å². The summed E-state index contributed by atoms with van der Waals surface area (Å²) >= 11 is 0. The SMILES string of the molecule is CC(=O)N[C@H]1C([C@H](OC(C)=O)[C@@H](COC(C)=O)OC(C)=O)O[C@](OC(C)=O)(C(=O)O)C[C@H]1OC(C)=O. The van der Waals surface area contributed by atoms with Crippen LogP contribution in [0.15, 0.2) is 0 Å². The van der Waals surface area contributed by atoms with Gasteiger partial charge in [-0.15, -0.1) is 0 Å². The molecule has 15 heteroatoms. The fourth-order valence-corrected chi connectivity index (χ4v) is 3.59. The van der Waals surface area contributed by atoms with Crippen molar-refractivity contribution >= 4 is 41.7 Å². The fraction of sp³-hybridized carbons (Fsp3) is 0.667. The Morgan fingerprint density at radius 1 is 0.889 bits per heavy atom. The Morgan fingerprint density at radius 3 is 1.89 bits per heavy atom. The first-order valence-corrected chi connectivity index (χ1v) is 10.6. The Bertz CT molecular complexity index is 901. The molecular weight excluding hydrogens is 490 g/mol. The third kappa shape index (κ3) is 8.79. The molecule has 1 saturated heterocycles. The van der Waals surface area contributed by atoms with E-state index in [0.29, 0.717) is 0 Å². The van der Waals surface area contributed by atoms with Gasteiger partial charge in [0, 0.05) is 41.5 Å². The lowest BCUT2D eigenvalue weighted by atomic mass is 9.88. The predicted molar refractivity (Wildman–Crippen MR) is 113 cm³/mol. The number of hydrogen-bond acceptors (Lipinski definition) is 13. The first-order valence-electron chi connectivity index (χ1n) is 10.6.